The molecule has 8 rings (SSSR count). The van der Waals surface area contributed by atoms with Gasteiger partial charge in [-0.3, -0.25) is 0 Å². The number of ether oxygens (including phenoxy) is 10. The van der Waals surface area contributed by atoms with Crippen LogP contribution in [0.1, 0.15) is 157 Å². The van der Waals surface area contributed by atoms with E-state index in [0.29, 0.717) is 58.5 Å². The van der Waals surface area contributed by atoms with Crippen LogP contribution in [0.4, 0.5) is 0 Å². The van der Waals surface area contributed by atoms with Crippen molar-refractivity contribution in [3.05, 3.63) is 126 Å². The van der Waals surface area contributed by atoms with Crippen LogP contribution in [0.15, 0.2) is 120 Å². The summed E-state index contributed by atoms with van der Waals surface area (Å²) < 4.78 is 76.2. The monoisotopic (exact) mass is 1230 g/mol. The minimum atomic E-state index is -2.51. The third kappa shape index (κ3) is 16.4. The molecule has 3 aromatic carbocycles. The number of fused-ring (bicyclic) bond motifs is 3. The number of hydrogen-bond donors (Lipinski definition) is 0. The van der Waals surface area contributed by atoms with E-state index in [2.05, 4.69) is 154 Å². The first kappa shape index (κ1) is 63.9. The second kappa shape index (κ2) is 29.8. The first-order chi connectivity index (χ1) is 38.6. The van der Waals surface area contributed by atoms with Crippen LogP contribution in [-0.4, -0.2) is 122 Å². The Morgan fingerprint density at radius 3 is 2.01 bits per heavy atom. The molecule has 80 heavy (non-hydrogen) atoms. The Morgan fingerprint density at radius 1 is 0.750 bits per heavy atom. The van der Waals surface area contributed by atoms with E-state index in [0.717, 1.165) is 28.9 Å². The van der Waals surface area contributed by atoms with Crippen LogP contribution in [0, 0.1) is 5.92 Å². The Bertz CT molecular complexity index is 2320. The molecule has 12 heteroatoms. The molecule has 0 aliphatic carbocycles. The second-order valence-electron chi connectivity index (χ2n) is 25.3. The van der Waals surface area contributed by atoms with Crippen LogP contribution in [-0.2, 0) is 60.6 Å². The quantitative estimate of drug-likeness (QED) is 0.0203. The van der Waals surface area contributed by atoms with Gasteiger partial charge in [-0.15, -0.1) is 6.58 Å². The molecule has 0 amide bonds. The number of hydrogen-bond acceptors (Lipinski definition) is 11. The van der Waals surface area contributed by atoms with Gasteiger partial charge in [0, 0.05) is 19.4 Å². The fourth-order valence-corrected chi connectivity index (χ4v) is 30.9. The Kier molecular flexibility index (Phi) is 23.8. The third-order valence-electron chi connectivity index (χ3n) is 18.9. The predicted octanol–water partition coefficient (Wildman–Crippen LogP) is 16.0. The summed E-state index contributed by atoms with van der Waals surface area (Å²) in [5.41, 5.74) is 0.467. The van der Waals surface area contributed by atoms with E-state index in [9.17, 15) is 0 Å². The molecule has 4 fully saturated rings. The second-order valence-corrected chi connectivity index (χ2v) is 40.8. The molecule has 5 aliphatic heterocycles. The topological polar surface area (TPSA) is 92.3 Å². The average molecular weight is 1230 g/mol. The summed E-state index contributed by atoms with van der Waals surface area (Å²) in [5.74, 6) is 0.00782. The number of methoxy groups -OCH3 is 1. The molecule has 10 nitrogen and oxygen atoms in total. The van der Waals surface area contributed by atoms with E-state index in [1.54, 1.807) is 11.8 Å². The predicted molar refractivity (Wildman–Crippen MR) is 326 cm³/mol. The van der Waals surface area contributed by atoms with Gasteiger partial charge in [0.1, 0.15) is 0 Å². The maximum absolute atomic E-state index is 7.63. The summed E-state index contributed by atoms with van der Waals surface area (Å²) in [6.45, 7) is 26.9. The minimum absolute atomic E-state index is 0.00782. The van der Waals surface area contributed by atoms with Crippen LogP contribution >= 0.6 is 11.8 Å². The van der Waals surface area contributed by atoms with E-state index in [4.69, 9.17) is 47.4 Å². The van der Waals surface area contributed by atoms with Crippen molar-refractivity contribution in [2.45, 2.75) is 265 Å². The molecule has 3 aromatic rings. The van der Waals surface area contributed by atoms with E-state index in [1.807, 2.05) is 25.3 Å². The van der Waals surface area contributed by atoms with Crippen molar-refractivity contribution in [2.75, 3.05) is 20.3 Å². The Hall–Kier alpha value is -2.11. The van der Waals surface area contributed by atoms with Crippen molar-refractivity contribution in [2.24, 2.45) is 5.92 Å². The SMILES string of the molecule is C=C[C@@]1(C)O[C@@]2(C)C[C@@H](OCc3ccccc3)[C@](C)(CCOCc3ccccc3)O[C@@H]2C[C@@H]1OC(Sc1ccccc1)[C@H](C)C[C@@H]1O[C@@H]2C[C@@H]3OCC=C(C)[C@H]3O[C@@]2(C)C[C@H]1OC(C[CH2][Sn]([CH2]CCC)([CH2]CCC)[CH2]CCC)OC. The molecule has 0 saturated carbocycles. The van der Waals surface area contributed by atoms with Gasteiger partial charge in [-0.05, 0) is 31.9 Å². The van der Waals surface area contributed by atoms with Crippen molar-refractivity contribution in [1.29, 1.82) is 0 Å². The molecular formula is C68H102O10SSn. The molecule has 2 unspecified atom stereocenters. The number of benzene rings is 3. The molecule has 0 N–H and O–H groups in total. The summed E-state index contributed by atoms with van der Waals surface area (Å²) in [6.07, 6.45) is 14.9. The van der Waals surface area contributed by atoms with Crippen molar-refractivity contribution < 1.29 is 47.4 Å². The maximum atomic E-state index is 7.63. The first-order valence-corrected chi connectivity index (χ1v) is 40.0. The van der Waals surface area contributed by atoms with Crippen molar-refractivity contribution in [1.82, 2.24) is 0 Å². The molecule has 15 atom stereocenters. The zero-order chi connectivity index (χ0) is 56.8. The van der Waals surface area contributed by atoms with Crippen molar-refractivity contribution >= 4 is 30.1 Å². The Balaban J connectivity index is 1.05. The average Bonchev–Trinajstić information content (AvgIpc) is 3.65. The molecule has 444 valence electrons. The van der Waals surface area contributed by atoms with Crippen LogP contribution in [0.2, 0.25) is 17.7 Å². The number of thioether (sulfide) groups is 1. The third-order valence-corrected chi connectivity index (χ3v) is 36.2. The van der Waals surface area contributed by atoms with E-state index in [-0.39, 0.29) is 66.5 Å². The summed E-state index contributed by atoms with van der Waals surface area (Å²) in [6, 6.07) is 31.4. The fraction of sp³-hybridized carbons (Fsp3) is 0.676. The van der Waals surface area contributed by atoms with Gasteiger partial charge in [-0.1, -0.05) is 84.9 Å². The van der Waals surface area contributed by atoms with Gasteiger partial charge in [-0.2, -0.15) is 0 Å². The summed E-state index contributed by atoms with van der Waals surface area (Å²) >= 11 is -0.743. The van der Waals surface area contributed by atoms with E-state index >= 15 is 0 Å². The molecule has 0 bridgehead atoms. The van der Waals surface area contributed by atoms with Gasteiger partial charge in [-0.25, -0.2) is 0 Å². The fourth-order valence-electron chi connectivity index (χ4n) is 13.6. The number of rotatable bonds is 31. The standard InChI is InChI=1S/C56H75O10S.3C4H9.Sn/c1-10-50(57-9)62-45-34-55(7)46(32-44-51(65-55)38(3)27-29-59-44)61-43(45)31-39(4)52(67-42-25-19-14-20-26-42)63-47-33-48-56(8,66-53(47,5)11-2)35-49(60-37-41-23-17-13-18-24-41)54(6,64-48)28-30-58-36-40-21-15-12-16-22-40;3*1-3-4-2;/h11-27,39,43-52H,1-2,10,28-37H2,3-9H3;3*1,3-4H2,2H3;/t39-,43+,44+,45-,46-,47+,48-,49-,50?,51-,52?,53-,54+,55+,56+;;;;/m1..../s1. The summed E-state index contributed by atoms with van der Waals surface area (Å²) in [7, 11) is 1.84. The molecule has 5 aliphatic rings. The molecule has 0 aromatic heterocycles. The Labute approximate surface area is 491 Å². The molecule has 5 heterocycles. The van der Waals surface area contributed by atoms with E-state index < -0.39 is 40.8 Å². The van der Waals surface area contributed by atoms with Crippen LogP contribution in [0.3, 0.4) is 0 Å². The Morgan fingerprint density at radius 2 is 1.39 bits per heavy atom. The molecule has 4 saturated heterocycles. The van der Waals surface area contributed by atoms with Crippen molar-refractivity contribution in [3.63, 3.8) is 0 Å². The van der Waals surface area contributed by atoms with Gasteiger partial charge in [0.2, 0.25) is 0 Å². The van der Waals surface area contributed by atoms with Gasteiger partial charge in [0.05, 0.1) is 36.6 Å². The van der Waals surface area contributed by atoms with Gasteiger partial charge < -0.3 is 18.9 Å². The first-order valence-electron chi connectivity index (χ1n) is 31.0. The molecular weight excluding hydrogens is 1130 g/mol. The van der Waals surface area contributed by atoms with Gasteiger partial charge in [0.15, 0.2) is 0 Å². The van der Waals surface area contributed by atoms with Gasteiger partial charge in [0.25, 0.3) is 0 Å². The number of unbranched alkanes of at least 4 members (excludes halogenated alkanes) is 3. The summed E-state index contributed by atoms with van der Waals surface area (Å²) in [4.78, 5) is 1.14. The molecule has 0 radical (unpaired) electrons. The zero-order valence-corrected chi connectivity index (χ0v) is 54.4. The van der Waals surface area contributed by atoms with Gasteiger partial charge >= 0.3 is 296 Å². The normalized spacial score (nSPS) is 32.6. The van der Waals surface area contributed by atoms with Crippen LogP contribution in [0.25, 0.3) is 0 Å². The van der Waals surface area contributed by atoms with E-state index in [1.165, 1.54) is 61.8 Å². The van der Waals surface area contributed by atoms with Crippen LogP contribution < -0.4 is 0 Å². The van der Waals surface area contributed by atoms with Crippen LogP contribution in [0.5, 0.6) is 0 Å². The van der Waals surface area contributed by atoms with Crippen molar-refractivity contribution in [3.8, 4) is 0 Å². The zero-order valence-electron chi connectivity index (χ0n) is 50.7. The molecule has 0 spiro atoms. The summed E-state index contributed by atoms with van der Waals surface area (Å²) in [5, 5.41) is 0.